The van der Waals surface area contributed by atoms with Crippen molar-refractivity contribution < 1.29 is 19.0 Å². The van der Waals surface area contributed by atoms with E-state index in [4.69, 9.17) is 9.47 Å². The standard InChI is InChI=1S/C7H15NO4/c1-10-4-3-8-7(9)12-6-5-11-2/h3-6H2,1-2H3,(H,8,9). The molecule has 0 unspecified atom stereocenters. The maximum absolute atomic E-state index is 10.7. The molecular formula is C7H15NO4. The van der Waals surface area contributed by atoms with E-state index >= 15 is 0 Å². The molecule has 5 heteroatoms. The van der Waals surface area contributed by atoms with Crippen molar-refractivity contribution in [1.29, 1.82) is 0 Å². The zero-order valence-electron chi connectivity index (χ0n) is 7.46. The molecule has 12 heavy (non-hydrogen) atoms. The Balaban J connectivity index is 3.10. The summed E-state index contributed by atoms with van der Waals surface area (Å²) in [5, 5.41) is 2.50. The molecule has 0 aromatic carbocycles. The summed E-state index contributed by atoms with van der Waals surface area (Å²) in [6, 6.07) is 0. The predicted molar refractivity (Wildman–Crippen MR) is 43.1 cm³/mol. The van der Waals surface area contributed by atoms with E-state index in [0.717, 1.165) is 0 Å². The highest BCUT2D eigenvalue weighted by Gasteiger charge is 1.98. The van der Waals surface area contributed by atoms with E-state index in [1.807, 2.05) is 0 Å². The fourth-order valence-corrected chi connectivity index (χ4v) is 0.524. The molecule has 0 atom stereocenters. The van der Waals surface area contributed by atoms with Gasteiger partial charge in [-0.3, -0.25) is 0 Å². The Labute approximate surface area is 72.0 Å². The molecule has 0 spiro atoms. The molecule has 1 N–H and O–H groups in total. The van der Waals surface area contributed by atoms with Crippen LogP contribution in [0.3, 0.4) is 0 Å². The maximum Gasteiger partial charge on any atom is 0.407 e. The van der Waals surface area contributed by atoms with Gasteiger partial charge in [-0.2, -0.15) is 0 Å². The van der Waals surface area contributed by atoms with Crippen molar-refractivity contribution in [2.24, 2.45) is 0 Å². The summed E-state index contributed by atoms with van der Waals surface area (Å²) in [5.74, 6) is 0. The average Bonchev–Trinajstić information content (AvgIpc) is 2.06. The Morgan fingerprint density at radius 2 is 1.83 bits per heavy atom. The van der Waals surface area contributed by atoms with Crippen LogP contribution in [-0.2, 0) is 14.2 Å². The molecule has 0 bridgehead atoms. The zero-order chi connectivity index (χ0) is 9.23. The van der Waals surface area contributed by atoms with E-state index in [0.29, 0.717) is 19.8 Å². The third kappa shape index (κ3) is 7.30. The van der Waals surface area contributed by atoms with E-state index < -0.39 is 6.09 Å². The monoisotopic (exact) mass is 177 g/mol. The molecule has 0 aliphatic heterocycles. The van der Waals surface area contributed by atoms with Gasteiger partial charge in [-0.25, -0.2) is 4.79 Å². The van der Waals surface area contributed by atoms with Gasteiger partial charge in [0.05, 0.1) is 13.2 Å². The van der Waals surface area contributed by atoms with Crippen molar-refractivity contribution >= 4 is 6.09 Å². The summed E-state index contributed by atoms with van der Waals surface area (Å²) in [6.07, 6.45) is -0.441. The van der Waals surface area contributed by atoms with Gasteiger partial charge in [-0.1, -0.05) is 0 Å². The number of carbonyl (C=O) groups excluding carboxylic acids is 1. The van der Waals surface area contributed by atoms with Crippen LogP contribution in [-0.4, -0.2) is 46.7 Å². The topological polar surface area (TPSA) is 56.8 Å². The molecule has 0 saturated carbocycles. The van der Waals surface area contributed by atoms with Crippen LogP contribution >= 0.6 is 0 Å². The molecule has 72 valence electrons. The summed E-state index contributed by atoms with van der Waals surface area (Å²) in [4.78, 5) is 10.7. The normalized spacial score (nSPS) is 9.50. The number of hydrogen-bond acceptors (Lipinski definition) is 4. The molecule has 0 aromatic heterocycles. The van der Waals surface area contributed by atoms with Crippen LogP contribution < -0.4 is 5.32 Å². The second-order valence-corrected chi connectivity index (χ2v) is 2.05. The molecule has 0 aliphatic carbocycles. The number of methoxy groups -OCH3 is 2. The molecule has 0 saturated heterocycles. The molecule has 0 fully saturated rings. The molecule has 0 aliphatic rings. The fourth-order valence-electron chi connectivity index (χ4n) is 0.524. The first kappa shape index (κ1) is 11.2. The van der Waals surface area contributed by atoms with Crippen molar-refractivity contribution in [2.75, 3.05) is 40.6 Å². The van der Waals surface area contributed by atoms with E-state index in [1.165, 1.54) is 0 Å². The molecular weight excluding hydrogens is 162 g/mol. The highest BCUT2D eigenvalue weighted by molar-refractivity contribution is 5.66. The van der Waals surface area contributed by atoms with Crippen LogP contribution in [0.15, 0.2) is 0 Å². The third-order valence-corrected chi connectivity index (χ3v) is 1.10. The lowest BCUT2D eigenvalue weighted by molar-refractivity contribution is 0.0964. The minimum Gasteiger partial charge on any atom is -0.447 e. The van der Waals surface area contributed by atoms with Crippen LogP contribution in [0, 0.1) is 0 Å². The van der Waals surface area contributed by atoms with E-state index in [2.05, 4.69) is 10.1 Å². The summed E-state index contributed by atoms with van der Waals surface area (Å²) < 4.78 is 14.1. The van der Waals surface area contributed by atoms with Crippen molar-refractivity contribution in [3.8, 4) is 0 Å². The second kappa shape index (κ2) is 8.29. The largest absolute Gasteiger partial charge is 0.447 e. The fraction of sp³-hybridized carbons (Fsp3) is 0.857. The molecule has 0 heterocycles. The first-order valence-electron chi connectivity index (χ1n) is 3.69. The Bertz CT molecular complexity index is 106. The third-order valence-electron chi connectivity index (χ3n) is 1.10. The number of carbonyl (C=O) groups is 1. The lowest BCUT2D eigenvalue weighted by Gasteiger charge is -2.05. The lowest BCUT2D eigenvalue weighted by Crippen LogP contribution is -2.28. The van der Waals surface area contributed by atoms with Gasteiger partial charge in [-0.15, -0.1) is 0 Å². The highest BCUT2D eigenvalue weighted by Crippen LogP contribution is 1.77. The van der Waals surface area contributed by atoms with Crippen molar-refractivity contribution in [3.63, 3.8) is 0 Å². The number of amides is 1. The summed E-state index contributed by atoms with van der Waals surface area (Å²) >= 11 is 0. The second-order valence-electron chi connectivity index (χ2n) is 2.05. The molecule has 5 nitrogen and oxygen atoms in total. The Morgan fingerprint density at radius 1 is 1.17 bits per heavy atom. The van der Waals surface area contributed by atoms with Crippen LogP contribution in [0.2, 0.25) is 0 Å². The van der Waals surface area contributed by atoms with Gasteiger partial charge in [0.15, 0.2) is 0 Å². The van der Waals surface area contributed by atoms with Gasteiger partial charge in [-0.05, 0) is 0 Å². The summed E-state index contributed by atoms with van der Waals surface area (Å²) in [5.41, 5.74) is 0. The molecule has 0 rings (SSSR count). The Morgan fingerprint density at radius 3 is 2.42 bits per heavy atom. The average molecular weight is 177 g/mol. The number of hydrogen-bond donors (Lipinski definition) is 1. The van der Waals surface area contributed by atoms with Gasteiger partial charge < -0.3 is 19.5 Å². The zero-order valence-corrected chi connectivity index (χ0v) is 7.46. The quantitative estimate of drug-likeness (QED) is 0.580. The van der Waals surface area contributed by atoms with Crippen molar-refractivity contribution in [2.45, 2.75) is 0 Å². The van der Waals surface area contributed by atoms with Crippen LogP contribution in [0.1, 0.15) is 0 Å². The number of nitrogens with one attached hydrogen (secondary N) is 1. The van der Waals surface area contributed by atoms with Gasteiger partial charge in [0.1, 0.15) is 6.61 Å². The van der Waals surface area contributed by atoms with Crippen molar-refractivity contribution in [1.82, 2.24) is 5.32 Å². The van der Waals surface area contributed by atoms with Gasteiger partial charge in [0, 0.05) is 20.8 Å². The van der Waals surface area contributed by atoms with Crippen LogP contribution in [0.4, 0.5) is 4.79 Å². The molecule has 1 amide bonds. The maximum atomic E-state index is 10.7. The van der Waals surface area contributed by atoms with Gasteiger partial charge in [0.25, 0.3) is 0 Å². The van der Waals surface area contributed by atoms with Gasteiger partial charge >= 0.3 is 6.09 Å². The van der Waals surface area contributed by atoms with Crippen molar-refractivity contribution in [3.05, 3.63) is 0 Å². The minimum atomic E-state index is -0.441. The number of rotatable bonds is 6. The van der Waals surface area contributed by atoms with Crippen LogP contribution in [0.5, 0.6) is 0 Å². The first-order valence-corrected chi connectivity index (χ1v) is 3.69. The SMILES string of the molecule is COCCNC(=O)OCCOC. The lowest BCUT2D eigenvalue weighted by atomic mass is 10.7. The number of alkyl carbamates (subject to hydrolysis) is 1. The van der Waals surface area contributed by atoms with Crippen LogP contribution in [0.25, 0.3) is 0 Å². The van der Waals surface area contributed by atoms with E-state index in [1.54, 1.807) is 14.2 Å². The smallest absolute Gasteiger partial charge is 0.407 e. The number of ether oxygens (including phenoxy) is 3. The van der Waals surface area contributed by atoms with E-state index in [-0.39, 0.29) is 6.61 Å². The molecule has 0 radical (unpaired) electrons. The summed E-state index contributed by atoms with van der Waals surface area (Å²) in [6.45, 7) is 1.63. The Hall–Kier alpha value is -0.810. The molecule has 0 aromatic rings. The minimum absolute atomic E-state index is 0.273. The predicted octanol–water partition coefficient (Wildman–Crippen LogP) is 0.00540. The summed E-state index contributed by atoms with van der Waals surface area (Å²) in [7, 11) is 3.12. The Kier molecular flexibility index (Phi) is 7.73. The van der Waals surface area contributed by atoms with E-state index in [9.17, 15) is 4.79 Å². The van der Waals surface area contributed by atoms with Gasteiger partial charge in [0.2, 0.25) is 0 Å². The highest BCUT2D eigenvalue weighted by atomic mass is 16.6. The first-order chi connectivity index (χ1) is 5.81.